The molecule has 2 amide bonds. The van der Waals surface area contributed by atoms with Crippen molar-refractivity contribution in [2.45, 2.75) is 53.1 Å². The minimum Gasteiger partial charge on any atom is -0.497 e. The fourth-order valence-corrected chi connectivity index (χ4v) is 3.21. The second-order valence-electron chi connectivity index (χ2n) is 10.1. The molecular weight excluding hydrogens is 448 g/mol. The van der Waals surface area contributed by atoms with Crippen molar-refractivity contribution in [3.63, 3.8) is 0 Å². The topological polar surface area (TPSA) is 97.3 Å². The zero-order valence-electron chi connectivity index (χ0n) is 21.8. The molecule has 0 atom stereocenters. The van der Waals surface area contributed by atoms with E-state index in [-0.39, 0.29) is 11.4 Å². The predicted molar refractivity (Wildman–Crippen MR) is 137 cm³/mol. The van der Waals surface area contributed by atoms with Gasteiger partial charge in [0.05, 0.1) is 19.9 Å². The fraction of sp³-hybridized carbons (Fsp3) is 0.481. The molecule has 0 saturated heterocycles. The molecule has 192 valence electrons. The first-order chi connectivity index (χ1) is 16.3. The van der Waals surface area contributed by atoms with Gasteiger partial charge in [-0.25, -0.2) is 9.59 Å². The number of benzene rings is 2. The zero-order valence-corrected chi connectivity index (χ0v) is 21.8. The summed E-state index contributed by atoms with van der Waals surface area (Å²) in [6, 6.07) is 12.3. The molecule has 2 aromatic rings. The van der Waals surface area contributed by atoms with Crippen molar-refractivity contribution in [3.8, 4) is 17.2 Å². The number of ether oxygens (including phenoxy) is 3. The van der Waals surface area contributed by atoms with Crippen LogP contribution in [-0.2, 0) is 11.2 Å². The van der Waals surface area contributed by atoms with Crippen molar-refractivity contribution in [1.82, 2.24) is 4.90 Å². The quantitative estimate of drug-likeness (QED) is 0.438. The van der Waals surface area contributed by atoms with Crippen molar-refractivity contribution in [1.29, 1.82) is 0 Å². The summed E-state index contributed by atoms with van der Waals surface area (Å²) in [5.74, 6) is 0.614. The lowest BCUT2D eigenvalue weighted by Gasteiger charge is -2.27. The van der Waals surface area contributed by atoms with E-state index in [2.05, 4.69) is 26.1 Å². The van der Waals surface area contributed by atoms with Crippen LogP contribution in [0.1, 0.15) is 46.6 Å². The Kier molecular flexibility index (Phi) is 9.40. The van der Waals surface area contributed by atoms with E-state index in [1.54, 1.807) is 49.5 Å². The fourth-order valence-electron chi connectivity index (χ4n) is 3.21. The van der Waals surface area contributed by atoms with Gasteiger partial charge in [-0.2, -0.15) is 0 Å². The van der Waals surface area contributed by atoms with Gasteiger partial charge in [-0.3, -0.25) is 0 Å². The highest BCUT2D eigenvalue weighted by atomic mass is 16.5. The van der Waals surface area contributed by atoms with Gasteiger partial charge in [0.2, 0.25) is 0 Å². The summed E-state index contributed by atoms with van der Waals surface area (Å²) in [4.78, 5) is 26.3. The molecule has 8 nitrogen and oxygen atoms in total. The molecular formula is C27H38N2O6. The smallest absolute Gasteiger partial charge is 0.347 e. The molecule has 0 spiro atoms. The molecule has 2 rings (SSSR count). The van der Waals surface area contributed by atoms with Crippen molar-refractivity contribution >= 4 is 17.7 Å². The van der Waals surface area contributed by atoms with E-state index >= 15 is 0 Å². The lowest BCUT2D eigenvalue weighted by molar-refractivity contribution is -0.152. The molecule has 35 heavy (non-hydrogen) atoms. The van der Waals surface area contributed by atoms with E-state index in [9.17, 15) is 14.7 Å². The van der Waals surface area contributed by atoms with Gasteiger partial charge in [-0.15, -0.1) is 0 Å². The Morgan fingerprint density at radius 2 is 1.54 bits per heavy atom. The highest BCUT2D eigenvalue weighted by Crippen LogP contribution is 2.29. The number of urea groups is 1. The van der Waals surface area contributed by atoms with E-state index < -0.39 is 11.6 Å². The summed E-state index contributed by atoms with van der Waals surface area (Å²) in [6.45, 7) is 10.6. The number of aliphatic carboxylic acids is 1. The average molecular weight is 487 g/mol. The predicted octanol–water partition coefficient (Wildman–Crippen LogP) is 5.46. The molecule has 0 bridgehead atoms. The molecule has 0 unspecified atom stereocenters. The minimum absolute atomic E-state index is 0.0757. The Balaban J connectivity index is 2.10. The Labute approximate surface area is 208 Å². The third kappa shape index (κ3) is 8.70. The number of hydrogen-bond acceptors (Lipinski definition) is 5. The zero-order chi connectivity index (χ0) is 26.2. The third-order valence-electron chi connectivity index (χ3n) is 5.55. The van der Waals surface area contributed by atoms with Crippen LogP contribution in [0, 0.1) is 5.41 Å². The number of carboxylic acids is 1. The second-order valence-corrected chi connectivity index (χ2v) is 10.1. The second kappa shape index (κ2) is 11.8. The van der Waals surface area contributed by atoms with Gasteiger partial charge >= 0.3 is 12.0 Å². The van der Waals surface area contributed by atoms with Gasteiger partial charge < -0.3 is 29.5 Å². The van der Waals surface area contributed by atoms with Crippen LogP contribution in [0.3, 0.4) is 0 Å². The van der Waals surface area contributed by atoms with Gasteiger partial charge in [-0.1, -0.05) is 32.9 Å². The highest BCUT2D eigenvalue weighted by molar-refractivity contribution is 5.91. The van der Waals surface area contributed by atoms with Crippen molar-refractivity contribution in [2.75, 3.05) is 32.6 Å². The standard InChI is InChI=1S/C27H38N2O6/c1-26(2,3)15-17-29(25(32)28-22-13-12-21(33-6)18-23(22)34-7)16-14-19-8-10-20(11-9-19)35-27(4,5)24(30)31/h8-13,18H,14-17H2,1-7H3,(H,28,32)(H,30,31). The molecule has 2 aromatic carbocycles. The van der Waals surface area contributed by atoms with Crippen molar-refractivity contribution in [2.24, 2.45) is 5.41 Å². The first-order valence-electron chi connectivity index (χ1n) is 11.6. The third-order valence-corrected chi connectivity index (χ3v) is 5.55. The number of anilines is 1. The van der Waals surface area contributed by atoms with E-state index in [1.807, 2.05) is 12.1 Å². The van der Waals surface area contributed by atoms with Crippen LogP contribution in [0.4, 0.5) is 10.5 Å². The lowest BCUT2D eigenvalue weighted by Crippen LogP contribution is -2.38. The van der Waals surface area contributed by atoms with Crippen molar-refractivity contribution in [3.05, 3.63) is 48.0 Å². The van der Waals surface area contributed by atoms with Crippen molar-refractivity contribution < 1.29 is 28.9 Å². The Hall–Kier alpha value is -3.42. The number of nitrogens with one attached hydrogen (secondary N) is 1. The summed E-state index contributed by atoms with van der Waals surface area (Å²) in [5, 5.41) is 12.2. The Bertz CT molecular complexity index is 996. The van der Waals surface area contributed by atoms with Crippen LogP contribution in [0.5, 0.6) is 17.2 Å². The van der Waals surface area contributed by atoms with Gasteiger partial charge in [0, 0.05) is 19.2 Å². The van der Waals surface area contributed by atoms with E-state index in [1.165, 1.54) is 13.8 Å². The van der Waals surface area contributed by atoms with E-state index in [4.69, 9.17) is 14.2 Å². The molecule has 2 N–H and O–H groups in total. The van der Waals surface area contributed by atoms with Gasteiger partial charge in [0.15, 0.2) is 5.60 Å². The molecule has 0 saturated carbocycles. The summed E-state index contributed by atoms with van der Waals surface area (Å²) < 4.78 is 16.2. The molecule has 0 fully saturated rings. The largest absolute Gasteiger partial charge is 0.497 e. The average Bonchev–Trinajstić information content (AvgIpc) is 2.79. The van der Waals surface area contributed by atoms with E-state index in [0.29, 0.717) is 42.4 Å². The number of carboxylic acid groups (broad SMARTS) is 1. The molecule has 0 radical (unpaired) electrons. The van der Waals surface area contributed by atoms with Gasteiger partial charge in [0.25, 0.3) is 0 Å². The van der Waals surface area contributed by atoms with Crippen LogP contribution < -0.4 is 19.5 Å². The number of rotatable bonds is 11. The number of carbonyl (C=O) groups is 2. The van der Waals surface area contributed by atoms with Crippen LogP contribution in [0.25, 0.3) is 0 Å². The lowest BCUT2D eigenvalue weighted by atomic mass is 9.92. The van der Waals surface area contributed by atoms with Gasteiger partial charge in [-0.05, 0) is 61.9 Å². The maximum atomic E-state index is 13.2. The summed E-state index contributed by atoms with van der Waals surface area (Å²) in [7, 11) is 3.12. The van der Waals surface area contributed by atoms with Crippen LogP contribution >= 0.6 is 0 Å². The number of amides is 2. The maximum Gasteiger partial charge on any atom is 0.347 e. The minimum atomic E-state index is -1.31. The maximum absolute atomic E-state index is 13.2. The molecule has 0 aliphatic carbocycles. The number of hydrogen-bond donors (Lipinski definition) is 2. The summed E-state index contributed by atoms with van der Waals surface area (Å²) in [6.07, 6.45) is 1.48. The monoisotopic (exact) mass is 486 g/mol. The Morgan fingerprint density at radius 3 is 2.09 bits per heavy atom. The molecule has 0 aliphatic rings. The summed E-state index contributed by atoms with van der Waals surface area (Å²) >= 11 is 0. The van der Waals surface area contributed by atoms with E-state index in [0.717, 1.165) is 12.0 Å². The number of methoxy groups -OCH3 is 2. The number of carbonyl (C=O) groups excluding carboxylic acids is 1. The molecule has 0 aliphatic heterocycles. The molecule has 0 aromatic heterocycles. The summed E-state index contributed by atoms with van der Waals surface area (Å²) in [5.41, 5.74) is 0.348. The first-order valence-corrected chi connectivity index (χ1v) is 11.6. The van der Waals surface area contributed by atoms with Crippen LogP contribution in [0.15, 0.2) is 42.5 Å². The highest BCUT2D eigenvalue weighted by Gasteiger charge is 2.29. The normalized spacial score (nSPS) is 11.5. The molecule has 8 heteroatoms. The number of nitrogens with zero attached hydrogens (tertiary/aromatic N) is 1. The first kappa shape index (κ1) is 27.8. The van der Waals surface area contributed by atoms with Crippen LogP contribution in [-0.4, -0.2) is 54.9 Å². The SMILES string of the molecule is COc1ccc(NC(=O)N(CCc2ccc(OC(C)(C)C(=O)O)cc2)CCC(C)(C)C)c(OC)c1. The Morgan fingerprint density at radius 1 is 0.914 bits per heavy atom. The van der Waals surface area contributed by atoms with Crippen LogP contribution in [0.2, 0.25) is 0 Å². The molecule has 0 heterocycles. The van der Waals surface area contributed by atoms with Gasteiger partial charge in [0.1, 0.15) is 17.2 Å².